The Balaban J connectivity index is 1.82. The Morgan fingerprint density at radius 1 is 1.38 bits per heavy atom. The van der Waals surface area contributed by atoms with Crippen LogP contribution in [0.1, 0.15) is 18.6 Å². The van der Waals surface area contributed by atoms with Crippen LogP contribution in [0.4, 0.5) is 0 Å². The summed E-state index contributed by atoms with van der Waals surface area (Å²) >= 11 is 5.99. The molecule has 3 rings (SSSR count). The Bertz CT molecular complexity index is 728. The fraction of sp³-hybridized carbons (Fsp3) is 0.500. The van der Waals surface area contributed by atoms with Crippen molar-refractivity contribution in [3.63, 3.8) is 0 Å². The number of likely N-dealkylation sites (N-methyl/N-ethyl adjacent to an activating group) is 1. The number of hydrogen-bond acceptors (Lipinski definition) is 6. The van der Waals surface area contributed by atoms with Gasteiger partial charge in [-0.05, 0) is 44.6 Å². The lowest BCUT2D eigenvalue weighted by atomic mass is 10.1. The predicted octanol–water partition coefficient (Wildman–Crippen LogP) is 3.67. The van der Waals surface area contributed by atoms with Gasteiger partial charge < -0.3 is 14.2 Å². The zero-order chi connectivity index (χ0) is 17.1. The Morgan fingerprint density at radius 2 is 2.21 bits per heavy atom. The highest BCUT2D eigenvalue weighted by atomic mass is 35.5. The van der Waals surface area contributed by atoms with Gasteiger partial charge >= 0.3 is 0 Å². The molecule has 24 heavy (non-hydrogen) atoms. The van der Waals surface area contributed by atoms with Crippen LogP contribution in [0.25, 0.3) is 11.3 Å². The molecule has 1 aliphatic rings. The minimum Gasteiger partial charge on any atom is -0.496 e. The SMILES string of the molecule is COc1cc(Cl)ccc1-c1oon(N[C@@H]2CCCN(C)C2)oc1C. The molecule has 8 heteroatoms. The molecule has 0 saturated carbocycles. The first-order valence-corrected chi connectivity index (χ1v) is 8.27. The smallest absolute Gasteiger partial charge is 0.232 e. The third-order valence-corrected chi connectivity index (χ3v) is 4.28. The monoisotopic (exact) mass is 355 g/mol. The Labute approximate surface area is 145 Å². The van der Waals surface area contributed by atoms with E-state index in [9.17, 15) is 0 Å². The van der Waals surface area contributed by atoms with E-state index in [2.05, 4.69) is 17.4 Å². The number of hydrogen-bond donors (Lipinski definition) is 1. The molecule has 0 unspecified atom stereocenters. The van der Waals surface area contributed by atoms with Crippen LogP contribution in [-0.2, 0) is 0 Å². The molecule has 2 aromatic rings. The number of rotatable bonds is 4. The molecule has 1 saturated heterocycles. The summed E-state index contributed by atoms with van der Waals surface area (Å²) in [7, 11) is 3.67. The fourth-order valence-corrected chi connectivity index (χ4v) is 3.03. The fourth-order valence-electron chi connectivity index (χ4n) is 2.87. The van der Waals surface area contributed by atoms with Crippen molar-refractivity contribution in [3.8, 4) is 17.1 Å². The van der Waals surface area contributed by atoms with Crippen LogP contribution in [-0.4, -0.2) is 43.2 Å². The molecule has 7 nitrogen and oxygen atoms in total. The molecule has 0 aliphatic carbocycles. The third-order valence-electron chi connectivity index (χ3n) is 4.05. The number of aromatic nitrogens is 1. The van der Waals surface area contributed by atoms with E-state index < -0.39 is 0 Å². The van der Waals surface area contributed by atoms with Crippen molar-refractivity contribution < 1.29 is 18.5 Å². The summed E-state index contributed by atoms with van der Waals surface area (Å²) in [5.74, 6) is 1.58. The zero-order valence-electron chi connectivity index (χ0n) is 14.0. The van der Waals surface area contributed by atoms with Gasteiger partial charge in [0.05, 0.1) is 23.7 Å². The highest BCUT2D eigenvalue weighted by molar-refractivity contribution is 6.30. The van der Waals surface area contributed by atoms with Crippen molar-refractivity contribution in [2.45, 2.75) is 25.8 Å². The minimum absolute atomic E-state index is 0.242. The Hall–Kier alpha value is -1.99. The van der Waals surface area contributed by atoms with Crippen LogP contribution >= 0.6 is 11.6 Å². The number of methoxy groups -OCH3 is 1. The maximum atomic E-state index is 5.99. The summed E-state index contributed by atoms with van der Waals surface area (Å²) in [5.41, 5.74) is 3.87. The van der Waals surface area contributed by atoms with E-state index in [4.69, 9.17) is 30.1 Å². The molecule has 2 heterocycles. The summed E-state index contributed by atoms with van der Waals surface area (Å²) < 4.78 is 21.7. The third kappa shape index (κ3) is 3.73. The first-order chi connectivity index (χ1) is 11.6. The van der Waals surface area contributed by atoms with Crippen molar-refractivity contribution in [2.24, 2.45) is 0 Å². The lowest BCUT2D eigenvalue weighted by Crippen LogP contribution is -2.42. The van der Waals surface area contributed by atoms with E-state index in [0.29, 0.717) is 27.9 Å². The second-order valence-corrected chi connectivity index (χ2v) is 6.40. The molecular formula is C16H22ClN3O4. The number of piperidine rings is 1. The summed E-state index contributed by atoms with van der Waals surface area (Å²) in [6.07, 6.45) is 2.18. The lowest BCUT2D eigenvalue weighted by Gasteiger charge is -2.29. The summed E-state index contributed by atoms with van der Waals surface area (Å²) in [4.78, 5) is 2.26. The van der Waals surface area contributed by atoms with Gasteiger partial charge in [0.1, 0.15) is 5.75 Å². The maximum Gasteiger partial charge on any atom is 0.232 e. The average Bonchev–Trinajstić information content (AvgIpc) is 2.55. The van der Waals surface area contributed by atoms with E-state index >= 15 is 0 Å². The van der Waals surface area contributed by atoms with Gasteiger partial charge in [0.2, 0.25) is 5.76 Å². The Morgan fingerprint density at radius 3 is 2.92 bits per heavy atom. The molecule has 132 valence electrons. The predicted molar refractivity (Wildman–Crippen MR) is 90.5 cm³/mol. The van der Waals surface area contributed by atoms with Gasteiger partial charge in [0, 0.05) is 18.5 Å². The first-order valence-electron chi connectivity index (χ1n) is 7.89. The molecule has 0 amide bonds. The quantitative estimate of drug-likeness (QED) is 0.844. The largest absolute Gasteiger partial charge is 0.496 e. The summed E-state index contributed by atoms with van der Waals surface area (Å²) in [6, 6.07) is 5.51. The number of likely N-dealkylation sites (tertiary alicyclic amines) is 1. The Kier molecular flexibility index (Phi) is 5.11. The molecule has 0 spiro atoms. The maximum absolute atomic E-state index is 5.99. The number of benzene rings is 1. The van der Waals surface area contributed by atoms with Crippen molar-refractivity contribution >= 4 is 11.6 Å². The zero-order valence-corrected chi connectivity index (χ0v) is 14.8. The van der Waals surface area contributed by atoms with E-state index in [1.807, 2.05) is 0 Å². The lowest BCUT2D eigenvalue weighted by molar-refractivity contribution is -0.132. The molecule has 1 aromatic carbocycles. The highest BCUT2D eigenvalue weighted by Gasteiger charge is 2.20. The van der Waals surface area contributed by atoms with Crippen LogP contribution in [0.2, 0.25) is 5.02 Å². The van der Waals surface area contributed by atoms with Gasteiger partial charge in [-0.3, -0.25) is 10.0 Å². The van der Waals surface area contributed by atoms with E-state index in [0.717, 1.165) is 31.0 Å². The van der Waals surface area contributed by atoms with Crippen molar-refractivity contribution in [2.75, 3.05) is 32.7 Å². The molecule has 0 bridgehead atoms. The van der Waals surface area contributed by atoms with Crippen LogP contribution in [0, 0.1) is 6.92 Å². The number of halogens is 1. The molecule has 1 fully saturated rings. The first kappa shape index (κ1) is 16.9. The minimum atomic E-state index is 0.242. The van der Waals surface area contributed by atoms with Crippen LogP contribution < -0.4 is 10.2 Å². The number of ether oxygens (including phenoxy) is 1. The number of nitrogens with zero attached hydrogens (tertiary/aromatic N) is 2. The average molecular weight is 356 g/mol. The second kappa shape index (κ2) is 7.27. The molecule has 1 N–H and O–H groups in total. The van der Waals surface area contributed by atoms with Gasteiger partial charge in [-0.2, -0.15) is 0 Å². The molecule has 0 radical (unpaired) electrons. The molecule has 1 aliphatic heterocycles. The second-order valence-electron chi connectivity index (χ2n) is 5.97. The van der Waals surface area contributed by atoms with Gasteiger partial charge in [-0.1, -0.05) is 11.6 Å². The highest BCUT2D eigenvalue weighted by Crippen LogP contribution is 2.33. The van der Waals surface area contributed by atoms with E-state index in [1.54, 1.807) is 32.2 Å². The normalized spacial score (nSPS) is 18.4. The van der Waals surface area contributed by atoms with Gasteiger partial charge in [0.15, 0.2) is 5.76 Å². The van der Waals surface area contributed by atoms with Crippen molar-refractivity contribution in [1.82, 2.24) is 9.92 Å². The van der Waals surface area contributed by atoms with Crippen LogP contribution in [0.3, 0.4) is 0 Å². The number of aryl methyl sites for hydroxylation is 1. The van der Waals surface area contributed by atoms with Gasteiger partial charge in [0.25, 0.3) is 0 Å². The van der Waals surface area contributed by atoms with E-state index in [1.165, 1.54) is 0 Å². The standard InChI is InChI=1S/C16H22ClN3O4/c1-11-16(14-7-6-12(17)9-15(14)21-3)23-24-20(22-11)18-13-5-4-8-19(2)10-13/h6-7,9,13,18H,4-5,8,10H2,1-3H3/t13-/m1/s1. The van der Waals surface area contributed by atoms with Crippen molar-refractivity contribution in [3.05, 3.63) is 29.0 Å². The van der Waals surface area contributed by atoms with Gasteiger partial charge in [-0.15, -0.1) is 4.68 Å². The molecular weight excluding hydrogens is 334 g/mol. The van der Waals surface area contributed by atoms with Crippen LogP contribution in [0.15, 0.2) is 32.0 Å². The van der Waals surface area contributed by atoms with E-state index in [-0.39, 0.29) is 6.04 Å². The molecule has 1 aromatic heterocycles. The summed E-state index contributed by atoms with van der Waals surface area (Å²) in [5, 5.41) is 1.74. The number of nitrogens with one attached hydrogen (secondary N) is 1. The van der Waals surface area contributed by atoms with Gasteiger partial charge in [-0.25, -0.2) is 0 Å². The van der Waals surface area contributed by atoms with Crippen LogP contribution in [0.5, 0.6) is 5.75 Å². The van der Waals surface area contributed by atoms with Crippen molar-refractivity contribution in [1.29, 1.82) is 0 Å². The summed E-state index contributed by atoms with van der Waals surface area (Å²) in [6.45, 7) is 3.83. The topological polar surface area (TPSA) is 68.9 Å². The molecule has 1 atom stereocenters.